The molecule has 1 aromatic heterocycles. The number of halogens is 3. The minimum absolute atomic E-state index is 0. The van der Waals surface area contributed by atoms with Gasteiger partial charge in [-0.2, -0.15) is 0 Å². The van der Waals surface area contributed by atoms with Crippen LogP contribution in [0, 0.1) is 17.6 Å². The molecule has 0 amide bonds. The Hall–Kier alpha value is -1.68. The van der Waals surface area contributed by atoms with Crippen LogP contribution in [0.4, 0.5) is 8.78 Å². The van der Waals surface area contributed by atoms with Gasteiger partial charge in [-0.05, 0) is 31.5 Å². The van der Waals surface area contributed by atoms with E-state index in [1.165, 1.54) is 12.1 Å². The van der Waals surface area contributed by atoms with Crippen LogP contribution in [0.5, 0.6) is 0 Å². The highest BCUT2D eigenvalue weighted by Gasteiger charge is 2.17. The van der Waals surface area contributed by atoms with Crippen LogP contribution in [0.1, 0.15) is 30.7 Å². The minimum Gasteiger partial charge on any atom is -0.469 e. The Labute approximate surface area is 181 Å². The average Bonchev–Trinajstić information content (AvgIpc) is 3.33. The summed E-state index contributed by atoms with van der Waals surface area (Å²) >= 11 is 0. The van der Waals surface area contributed by atoms with E-state index in [1.807, 2.05) is 19.1 Å². The molecule has 0 spiro atoms. The lowest BCUT2D eigenvalue weighted by atomic mass is 10.1. The quantitative estimate of drug-likeness (QED) is 0.339. The van der Waals surface area contributed by atoms with E-state index in [0.29, 0.717) is 43.6 Å². The number of benzene rings is 1. The molecule has 154 valence electrons. The monoisotopic (exact) mass is 505 g/mol. The number of nitrogens with zero attached hydrogens (tertiary/aromatic N) is 1. The Bertz CT molecular complexity index is 750. The molecule has 0 aliphatic carbocycles. The fourth-order valence-corrected chi connectivity index (χ4v) is 2.99. The molecule has 0 bridgehead atoms. The van der Waals surface area contributed by atoms with Crippen molar-refractivity contribution in [3.05, 3.63) is 59.6 Å². The van der Waals surface area contributed by atoms with Crippen molar-refractivity contribution in [2.75, 3.05) is 26.3 Å². The van der Waals surface area contributed by atoms with Crippen molar-refractivity contribution in [1.29, 1.82) is 0 Å². The van der Waals surface area contributed by atoms with Gasteiger partial charge in [-0.3, -0.25) is 4.99 Å². The summed E-state index contributed by atoms with van der Waals surface area (Å²) in [5, 5.41) is 6.46. The van der Waals surface area contributed by atoms with Crippen molar-refractivity contribution >= 4 is 29.9 Å². The van der Waals surface area contributed by atoms with E-state index in [-0.39, 0.29) is 30.0 Å². The Morgan fingerprint density at radius 3 is 2.86 bits per heavy atom. The number of aliphatic imine (C=N–C) groups is 1. The van der Waals surface area contributed by atoms with Gasteiger partial charge in [0, 0.05) is 43.7 Å². The maximum atomic E-state index is 14.1. The molecule has 2 heterocycles. The molecular weight excluding hydrogens is 479 g/mol. The van der Waals surface area contributed by atoms with Gasteiger partial charge < -0.3 is 19.8 Å². The smallest absolute Gasteiger partial charge is 0.191 e. The van der Waals surface area contributed by atoms with E-state index in [1.54, 1.807) is 6.26 Å². The third-order valence-corrected chi connectivity index (χ3v) is 4.56. The highest BCUT2D eigenvalue weighted by molar-refractivity contribution is 14.0. The van der Waals surface area contributed by atoms with Crippen LogP contribution in [-0.2, 0) is 11.2 Å². The van der Waals surface area contributed by atoms with Gasteiger partial charge >= 0.3 is 0 Å². The molecule has 1 aliphatic heterocycles. The van der Waals surface area contributed by atoms with Crippen molar-refractivity contribution < 1.29 is 17.9 Å². The molecule has 2 atom stereocenters. The fraction of sp³-hybridized carbons (Fsp3) is 0.450. The van der Waals surface area contributed by atoms with Crippen molar-refractivity contribution in [2.45, 2.75) is 25.8 Å². The van der Waals surface area contributed by atoms with E-state index >= 15 is 0 Å². The Morgan fingerprint density at radius 2 is 2.18 bits per heavy atom. The van der Waals surface area contributed by atoms with Crippen LogP contribution in [0.2, 0.25) is 0 Å². The molecule has 1 aliphatic rings. The molecule has 2 aromatic rings. The van der Waals surface area contributed by atoms with Gasteiger partial charge in [0.2, 0.25) is 0 Å². The van der Waals surface area contributed by atoms with Crippen LogP contribution in [0.25, 0.3) is 0 Å². The van der Waals surface area contributed by atoms with Gasteiger partial charge in [0.25, 0.3) is 0 Å². The molecule has 2 N–H and O–H groups in total. The summed E-state index contributed by atoms with van der Waals surface area (Å²) in [6, 6.07) is 7.01. The fourth-order valence-electron chi connectivity index (χ4n) is 2.99. The first-order valence-corrected chi connectivity index (χ1v) is 9.21. The Kier molecular flexibility index (Phi) is 9.17. The first-order valence-electron chi connectivity index (χ1n) is 9.21. The maximum absolute atomic E-state index is 14.1. The second-order valence-corrected chi connectivity index (χ2v) is 6.71. The second kappa shape index (κ2) is 11.4. The van der Waals surface area contributed by atoms with Gasteiger partial charge in [-0.25, -0.2) is 8.78 Å². The van der Waals surface area contributed by atoms with Gasteiger partial charge in [0.15, 0.2) is 5.96 Å². The molecule has 0 saturated carbocycles. The van der Waals surface area contributed by atoms with Crippen molar-refractivity contribution in [2.24, 2.45) is 10.9 Å². The lowest BCUT2D eigenvalue weighted by molar-refractivity contribution is 0.187. The van der Waals surface area contributed by atoms with E-state index in [2.05, 4.69) is 15.6 Å². The van der Waals surface area contributed by atoms with Crippen molar-refractivity contribution in [1.82, 2.24) is 10.6 Å². The number of hydrogen-bond acceptors (Lipinski definition) is 3. The van der Waals surface area contributed by atoms with E-state index in [4.69, 9.17) is 9.15 Å². The van der Waals surface area contributed by atoms with Gasteiger partial charge in [0.05, 0.1) is 18.9 Å². The molecule has 3 rings (SSSR count). The highest BCUT2D eigenvalue weighted by Crippen LogP contribution is 2.18. The molecular formula is C20H26F2IN3O2. The van der Waals surface area contributed by atoms with Crippen LogP contribution in [-0.4, -0.2) is 32.3 Å². The molecule has 8 heteroatoms. The Balaban J connectivity index is 0.00000280. The van der Waals surface area contributed by atoms with Crippen LogP contribution >= 0.6 is 24.0 Å². The predicted octanol–water partition coefficient (Wildman–Crippen LogP) is 4.05. The molecule has 5 nitrogen and oxygen atoms in total. The zero-order valence-corrected chi connectivity index (χ0v) is 18.1. The van der Waals surface area contributed by atoms with E-state index < -0.39 is 11.6 Å². The molecule has 28 heavy (non-hydrogen) atoms. The number of rotatable bonds is 7. The zero-order chi connectivity index (χ0) is 19.1. The number of guanidine groups is 1. The minimum atomic E-state index is -0.588. The molecule has 1 fully saturated rings. The number of nitrogens with one attached hydrogen (secondary N) is 2. The Morgan fingerprint density at radius 1 is 1.32 bits per heavy atom. The summed E-state index contributed by atoms with van der Waals surface area (Å²) in [5.41, 5.74) is 0.390. The number of ether oxygens (including phenoxy) is 1. The van der Waals surface area contributed by atoms with Crippen LogP contribution in [0.15, 0.2) is 46.0 Å². The highest BCUT2D eigenvalue weighted by atomic mass is 127. The van der Waals surface area contributed by atoms with Crippen LogP contribution in [0.3, 0.4) is 0 Å². The summed E-state index contributed by atoms with van der Waals surface area (Å²) in [7, 11) is 0. The van der Waals surface area contributed by atoms with Gasteiger partial charge in [-0.1, -0.05) is 6.07 Å². The molecule has 1 aromatic carbocycles. The number of hydrogen-bond donors (Lipinski definition) is 2. The third kappa shape index (κ3) is 6.73. The predicted molar refractivity (Wildman–Crippen MR) is 115 cm³/mol. The summed E-state index contributed by atoms with van der Waals surface area (Å²) in [6.07, 6.45) is 3.34. The van der Waals surface area contributed by atoms with Gasteiger partial charge in [-0.15, -0.1) is 24.0 Å². The first kappa shape index (κ1) is 22.6. The van der Waals surface area contributed by atoms with Crippen molar-refractivity contribution in [3.8, 4) is 0 Å². The summed E-state index contributed by atoms with van der Waals surface area (Å²) in [4.78, 5) is 4.62. The molecule has 1 saturated heterocycles. The summed E-state index contributed by atoms with van der Waals surface area (Å²) in [6.45, 7) is 4.56. The van der Waals surface area contributed by atoms with Crippen LogP contribution < -0.4 is 10.6 Å². The molecule has 0 radical (unpaired) electrons. The maximum Gasteiger partial charge on any atom is 0.191 e. The molecule has 2 unspecified atom stereocenters. The standard InChI is InChI=1S/C20H25F2N3O2.HI/c1-14(18-5-4-16(21)11-19(18)22)25-20(24-12-15-7-10-26-13-15)23-8-6-17-3-2-9-27-17;/h2-5,9,11,14-15H,6-8,10,12-13H2,1H3,(H2,23,24,25);1H. The average molecular weight is 505 g/mol. The largest absolute Gasteiger partial charge is 0.469 e. The SMILES string of the molecule is CC(NC(=NCC1CCOC1)NCCc1ccco1)c1ccc(F)cc1F.I. The summed E-state index contributed by atoms with van der Waals surface area (Å²) < 4.78 is 37.9. The lowest BCUT2D eigenvalue weighted by Gasteiger charge is -2.19. The lowest BCUT2D eigenvalue weighted by Crippen LogP contribution is -2.40. The topological polar surface area (TPSA) is 58.8 Å². The normalized spacial score (nSPS) is 17.8. The van der Waals surface area contributed by atoms with E-state index in [9.17, 15) is 8.78 Å². The second-order valence-electron chi connectivity index (χ2n) is 6.71. The summed E-state index contributed by atoms with van der Waals surface area (Å²) in [5.74, 6) is 0.698. The van der Waals surface area contributed by atoms with E-state index in [0.717, 1.165) is 24.9 Å². The first-order chi connectivity index (χ1) is 13.1. The van der Waals surface area contributed by atoms with Gasteiger partial charge in [0.1, 0.15) is 17.4 Å². The number of furan rings is 1. The third-order valence-electron chi connectivity index (χ3n) is 4.56. The zero-order valence-electron chi connectivity index (χ0n) is 15.8. The van der Waals surface area contributed by atoms with Crippen molar-refractivity contribution in [3.63, 3.8) is 0 Å².